The maximum absolute atomic E-state index is 13.8. The van der Waals surface area contributed by atoms with E-state index in [9.17, 15) is 13.9 Å². The monoisotopic (exact) mass is 307 g/mol. The Kier molecular flexibility index (Phi) is 3.21. The molecule has 0 aliphatic carbocycles. The molecule has 3 rings (SSSR count). The minimum Gasteiger partial charge on any atom is -0.510 e. The number of rotatable bonds is 2. The number of hydrogen-bond donors (Lipinski definition) is 2. The molecule has 0 fully saturated rings. The molecule has 0 amide bonds. The van der Waals surface area contributed by atoms with E-state index >= 15 is 0 Å². The zero-order chi connectivity index (χ0) is 15.1. The number of aromatic nitrogens is 1. The number of anilines is 1. The third kappa shape index (κ3) is 2.29. The zero-order valence-corrected chi connectivity index (χ0v) is 11.8. The van der Waals surface area contributed by atoms with Crippen LogP contribution in [0.3, 0.4) is 0 Å². The Hall–Kier alpha value is -2.28. The van der Waals surface area contributed by atoms with E-state index in [1.54, 1.807) is 12.3 Å². The number of amidine groups is 1. The molecule has 7 heteroatoms. The second-order valence-corrected chi connectivity index (χ2v) is 5.50. The number of nitrogens with zero attached hydrogens (tertiary/aromatic N) is 2. The predicted molar refractivity (Wildman–Crippen MR) is 77.8 cm³/mol. The number of hydrogen-bond acceptors (Lipinski definition) is 4. The van der Waals surface area contributed by atoms with Crippen LogP contribution in [0.2, 0.25) is 0 Å². The van der Waals surface area contributed by atoms with E-state index in [0.29, 0.717) is 5.01 Å². The topological polar surface area (TPSA) is 60.2 Å². The summed E-state index contributed by atoms with van der Waals surface area (Å²) in [5, 5.41) is 20.5. The minimum atomic E-state index is -0.648. The molecule has 21 heavy (non-hydrogen) atoms. The number of nitrogens with one attached hydrogen (secondary N) is 1. The Labute approximate surface area is 123 Å². The highest BCUT2D eigenvalue weighted by molar-refractivity contribution is 7.11. The second kappa shape index (κ2) is 4.92. The Bertz CT molecular complexity index is 769. The maximum atomic E-state index is 13.8. The number of aryl methyl sites for hydroxylation is 1. The van der Waals surface area contributed by atoms with Crippen molar-refractivity contribution in [2.45, 2.75) is 6.92 Å². The summed E-state index contributed by atoms with van der Waals surface area (Å²) in [5.41, 5.74) is 0.963. The molecule has 2 heterocycles. The Balaban J connectivity index is 2.00. The first-order valence-electron chi connectivity index (χ1n) is 6.13. The summed E-state index contributed by atoms with van der Waals surface area (Å²) < 4.78 is 27.1. The average molecular weight is 307 g/mol. The molecule has 1 aliphatic rings. The fraction of sp³-hybridized carbons (Fsp3) is 0.143. The minimum absolute atomic E-state index is 0.0713. The third-order valence-electron chi connectivity index (χ3n) is 3.14. The van der Waals surface area contributed by atoms with Crippen LogP contribution >= 0.6 is 11.3 Å². The summed E-state index contributed by atoms with van der Waals surface area (Å²) in [6.07, 6.45) is 0. The van der Waals surface area contributed by atoms with Gasteiger partial charge in [-0.1, -0.05) is 0 Å². The summed E-state index contributed by atoms with van der Waals surface area (Å²) in [7, 11) is 0. The molecule has 0 spiro atoms. The zero-order valence-electron chi connectivity index (χ0n) is 11.0. The summed E-state index contributed by atoms with van der Waals surface area (Å²) >= 11 is 1.29. The lowest BCUT2D eigenvalue weighted by atomic mass is 10.2. The molecule has 0 atom stereocenters. The smallest absolute Gasteiger partial charge is 0.147 e. The molecule has 0 unspecified atom stereocenters. The highest BCUT2D eigenvalue weighted by atomic mass is 32.1. The van der Waals surface area contributed by atoms with Gasteiger partial charge < -0.3 is 10.0 Å². The molecule has 1 aromatic carbocycles. The van der Waals surface area contributed by atoms with Crippen molar-refractivity contribution in [3.8, 4) is 0 Å². The highest BCUT2D eigenvalue weighted by Crippen LogP contribution is 2.33. The maximum Gasteiger partial charge on any atom is 0.147 e. The normalized spacial score (nSPS) is 15.2. The molecular formula is C14H11F2N3OS. The van der Waals surface area contributed by atoms with Crippen LogP contribution in [-0.2, 0) is 0 Å². The lowest BCUT2D eigenvalue weighted by Gasteiger charge is -2.19. The van der Waals surface area contributed by atoms with E-state index in [0.717, 1.165) is 23.9 Å². The van der Waals surface area contributed by atoms with Crippen LogP contribution in [0.5, 0.6) is 0 Å². The molecular weight excluding hydrogens is 296 g/mol. The van der Waals surface area contributed by atoms with Crippen LogP contribution in [-0.4, -0.2) is 22.5 Å². The van der Waals surface area contributed by atoms with Crippen molar-refractivity contribution in [1.82, 2.24) is 4.98 Å². The van der Waals surface area contributed by atoms with E-state index in [4.69, 9.17) is 5.41 Å². The van der Waals surface area contributed by atoms with Crippen molar-refractivity contribution < 1.29 is 13.9 Å². The van der Waals surface area contributed by atoms with E-state index in [1.165, 1.54) is 16.2 Å². The largest absolute Gasteiger partial charge is 0.510 e. The highest BCUT2D eigenvalue weighted by Gasteiger charge is 2.32. The van der Waals surface area contributed by atoms with Crippen LogP contribution in [0, 0.1) is 24.0 Å². The van der Waals surface area contributed by atoms with Crippen LogP contribution in [0.4, 0.5) is 14.5 Å². The first-order chi connectivity index (χ1) is 9.97. The van der Waals surface area contributed by atoms with Gasteiger partial charge in [-0.15, -0.1) is 11.3 Å². The van der Waals surface area contributed by atoms with E-state index < -0.39 is 11.6 Å². The molecule has 0 radical (unpaired) electrons. The van der Waals surface area contributed by atoms with Crippen molar-refractivity contribution >= 4 is 28.4 Å². The Morgan fingerprint density at radius 2 is 2.14 bits per heavy atom. The SMILES string of the molecule is Cc1csc(C2=C(O)CN(c3cc(F)ccc3F)C2=N)n1. The van der Waals surface area contributed by atoms with Gasteiger partial charge in [-0.25, -0.2) is 13.8 Å². The third-order valence-corrected chi connectivity index (χ3v) is 4.11. The summed E-state index contributed by atoms with van der Waals surface area (Å²) in [4.78, 5) is 5.45. The van der Waals surface area contributed by atoms with Gasteiger partial charge in [-0.3, -0.25) is 5.41 Å². The van der Waals surface area contributed by atoms with Gasteiger partial charge in [0.05, 0.1) is 17.8 Å². The first-order valence-corrected chi connectivity index (χ1v) is 7.01. The van der Waals surface area contributed by atoms with Crippen molar-refractivity contribution in [3.05, 3.63) is 51.7 Å². The molecule has 0 saturated heterocycles. The Morgan fingerprint density at radius 1 is 1.38 bits per heavy atom. The van der Waals surface area contributed by atoms with Gasteiger partial charge in [0.2, 0.25) is 0 Å². The Morgan fingerprint density at radius 3 is 2.81 bits per heavy atom. The number of halogens is 2. The van der Waals surface area contributed by atoms with Crippen LogP contribution < -0.4 is 4.90 Å². The van der Waals surface area contributed by atoms with E-state index in [1.807, 2.05) is 0 Å². The molecule has 0 bridgehead atoms. The van der Waals surface area contributed by atoms with Crippen LogP contribution in [0.1, 0.15) is 10.7 Å². The standard InChI is InChI=1S/C14H11F2N3OS/c1-7-6-21-14(18-7)12-11(20)5-19(13(12)17)10-4-8(15)2-3-9(10)16/h2-4,6,17,20H,5H2,1H3. The van der Waals surface area contributed by atoms with E-state index in [-0.39, 0.29) is 29.4 Å². The molecule has 1 aromatic heterocycles. The summed E-state index contributed by atoms with van der Waals surface area (Å²) in [6.45, 7) is 1.73. The number of thiazole rings is 1. The van der Waals surface area contributed by atoms with Crippen LogP contribution in [0.25, 0.3) is 5.57 Å². The fourth-order valence-corrected chi connectivity index (χ4v) is 3.04. The predicted octanol–water partition coefficient (Wildman–Crippen LogP) is 3.50. The first kappa shape index (κ1) is 13.7. The summed E-state index contributed by atoms with van der Waals surface area (Å²) in [6, 6.07) is 3.02. The second-order valence-electron chi connectivity index (χ2n) is 4.65. The molecule has 4 nitrogen and oxygen atoms in total. The average Bonchev–Trinajstić information content (AvgIpc) is 2.96. The molecule has 1 aliphatic heterocycles. The quantitative estimate of drug-likeness (QED) is 0.892. The van der Waals surface area contributed by atoms with E-state index in [2.05, 4.69) is 4.98 Å². The molecule has 2 N–H and O–H groups in total. The summed E-state index contributed by atoms with van der Waals surface area (Å²) in [5.74, 6) is -1.41. The van der Waals surface area contributed by atoms with Gasteiger partial charge in [0.1, 0.15) is 28.2 Å². The van der Waals surface area contributed by atoms with Crippen molar-refractivity contribution in [2.75, 3.05) is 11.4 Å². The molecule has 108 valence electrons. The fourth-order valence-electron chi connectivity index (χ4n) is 2.17. The van der Waals surface area contributed by atoms with Gasteiger partial charge in [0.15, 0.2) is 0 Å². The number of aliphatic hydroxyl groups excluding tert-OH is 1. The lowest BCUT2D eigenvalue weighted by molar-refractivity contribution is 0.411. The van der Waals surface area contributed by atoms with Gasteiger partial charge in [0.25, 0.3) is 0 Å². The van der Waals surface area contributed by atoms with Gasteiger partial charge in [0, 0.05) is 17.1 Å². The van der Waals surface area contributed by atoms with Crippen LogP contribution in [0.15, 0.2) is 29.3 Å². The lowest BCUT2D eigenvalue weighted by Crippen LogP contribution is -2.27. The van der Waals surface area contributed by atoms with Gasteiger partial charge in [-0.05, 0) is 19.1 Å². The molecule has 2 aromatic rings. The number of benzene rings is 1. The number of aliphatic hydroxyl groups is 1. The molecule has 0 saturated carbocycles. The van der Waals surface area contributed by atoms with Gasteiger partial charge in [-0.2, -0.15) is 0 Å². The van der Waals surface area contributed by atoms with Crippen molar-refractivity contribution in [3.63, 3.8) is 0 Å². The van der Waals surface area contributed by atoms with Gasteiger partial charge >= 0.3 is 0 Å². The van der Waals surface area contributed by atoms with Crippen molar-refractivity contribution in [2.24, 2.45) is 0 Å². The van der Waals surface area contributed by atoms with Crippen molar-refractivity contribution in [1.29, 1.82) is 5.41 Å².